The zero-order valence-corrected chi connectivity index (χ0v) is 23.8. The maximum Gasteiger partial charge on any atom is -0.0243 e. The van der Waals surface area contributed by atoms with Crippen LogP contribution in [-0.4, -0.2) is 0 Å². The molecule has 0 spiro atoms. The average Bonchev–Trinajstić information content (AvgIpc) is 3.09. The maximum absolute atomic E-state index is 2.69. The van der Waals surface area contributed by atoms with Gasteiger partial charge in [0.2, 0.25) is 0 Å². The van der Waals surface area contributed by atoms with Crippen molar-refractivity contribution >= 4 is 0 Å². The normalized spacial score (nSPS) is 42.6. The highest BCUT2D eigenvalue weighted by Crippen LogP contribution is 2.66. The van der Waals surface area contributed by atoms with Crippen LogP contribution in [0.2, 0.25) is 0 Å². The monoisotopic (exact) mass is 432 g/mol. The van der Waals surface area contributed by atoms with E-state index in [2.05, 4.69) is 83.1 Å². The van der Waals surface area contributed by atoms with Gasteiger partial charge in [0.1, 0.15) is 0 Å². The molecule has 0 aromatic rings. The van der Waals surface area contributed by atoms with Crippen LogP contribution in [0.5, 0.6) is 0 Å². The van der Waals surface area contributed by atoms with Crippen molar-refractivity contribution in [3.63, 3.8) is 0 Å². The van der Waals surface area contributed by atoms with Crippen molar-refractivity contribution in [2.45, 2.75) is 141 Å². The van der Waals surface area contributed by atoms with Crippen LogP contribution in [0.4, 0.5) is 0 Å². The Hall–Kier alpha value is 0. The second-order valence-corrected chi connectivity index (χ2v) is 14.4. The third-order valence-corrected chi connectivity index (χ3v) is 12.4. The van der Waals surface area contributed by atoms with Gasteiger partial charge in [0.05, 0.1) is 0 Å². The largest absolute Gasteiger partial charge is 0.0651 e. The minimum atomic E-state index is 0.431. The first-order chi connectivity index (χ1) is 14.1. The second-order valence-electron chi connectivity index (χ2n) is 14.4. The van der Waals surface area contributed by atoms with Crippen LogP contribution in [-0.2, 0) is 0 Å². The molecule has 0 saturated heterocycles. The zero-order chi connectivity index (χ0) is 23.8. The van der Waals surface area contributed by atoms with Gasteiger partial charge in [0.25, 0.3) is 0 Å². The lowest BCUT2D eigenvalue weighted by Gasteiger charge is -2.49. The Balaban J connectivity index is 2.04. The van der Waals surface area contributed by atoms with Gasteiger partial charge in [0, 0.05) is 0 Å². The Morgan fingerprint density at radius 2 is 1.42 bits per heavy atom. The van der Waals surface area contributed by atoms with Crippen molar-refractivity contribution in [2.75, 3.05) is 0 Å². The molecule has 0 nitrogen and oxygen atoms in total. The molecule has 0 heterocycles. The third kappa shape index (κ3) is 5.40. The minimum absolute atomic E-state index is 0.431. The Labute approximate surface area is 198 Å². The van der Waals surface area contributed by atoms with E-state index in [4.69, 9.17) is 0 Å². The molecule has 2 aliphatic rings. The molecule has 0 N–H and O–H groups in total. The molecule has 2 fully saturated rings. The number of hydrogen-bond donors (Lipinski definition) is 0. The summed E-state index contributed by atoms with van der Waals surface area (Å²) in [5.74, 6) is 5.28. The van der Waals surface area contributed by atoms with Gasteiger partial charge >= 0.3 is 0 Å². The van der Waals surface area contributed by atoms with E-state index < -0.39 is 0 Å². The van der Waals surface area contributed by atoms with Gasteiger partial charge in [0.15, 0.2) is 0 Å². The molecular formula is C31H60. The van der Waals surface area contributed by atoms with Crippen molar-refractivity contribution in [1.29, 1.82) is 0 Å². The lowest BCUT2D eigenvalue weighted by Crippen LogP contribution is -2.41. The molecule has 0 bridgehead atoms. The smallest absolute Gasteiger partial charge is 0.0243 e. The zero-order valence-electron chi connectivity index (χ0n) is 23.8. The van der Waals surface area contributed by atoms with E-state index in [1.54, 1.807) is 0 Å². The fourth-order valence-electron chi connectivity index (χ4n) is 8.01. The van der Waals surface area contributed by atoms with Gasteiger partial charge in [-0.3, -0.25) is 0 Å². The van der Waals surface area contributed by atoms with E-state index in [-0.39, 0.29) is 0 Å². The summed E-state index contributed by atoms with van der Waals surface area (Å²) in [5.41, 5.74) is 2.02. The topological polar surface area (TPSA) is 0 Å². The molecule has 8 atom stereocenters. The summed E-state index contributed by atoms with van der Waals surface area (Å²) in [6.07, 6.45) is 12.7. The lowest BCUT2D eigenvalue weighted by atomic mass is 9.55. The quantitative estimate of drug-likeness (QED) is 0.287. The summed E-state index contributed by atoms with van der Waals surface area (Å²) < 4.78 is 0. The fourth-order valence-corrected chi connectivity index (χ4v) is 8.01. The van der Waals surface area contributed by atoms with Crippen molar-refractivity contribution in [3.8, 4) is 0 Å². The Morgan fingerprint density at radius 1 is 0.839 bits per heavy atom. The Morgan fingerprint density at radius 3 is 1.94 bits per heavy atom. The predicted octanol–water partition coefficient (Wildman–Crippen LogP) is 10.4. The molecule has 8 unspecified atom stereocenters. The molecule has 0 radical (unpaired) electrons. The Bertz CT molecular complexity index is 565. The van der Waals surface area contributed by atoms with Crippen LogP contribution in [0.1, 0.15) is 141 Å². The lowest BCUT2D eigenvalue weighted by molar-refractivity contribution is -0.000472. The van der Waals surface area contributed by atoms with Crippen LogP contribution in [0.3, 0.4) is 0 Å². The van der Waals surface area contributed by atoms with E-state index >= 15 is 0 Å². The summed E-state index contributed by atoms with van der Waals surface area (Å²) in [4.78, 5) is 0. The van der Waals surface area contributed by atoms with Crippen molar-refractivity contribution in [2.24, 2.45) is 57.2 Å². The van der Waals surface area contributed by atoms with Crippen LogP contribution in [0.25, 0.3) is 0 Å². The summed E-state index contributed by atoms with van der Waals surface area (Å²) in [5, 5.41) is 0. The van der Waals surface area contributed by atoms with Crippen molar-refractivity contribution in [1.82, 2.24) is 0 Å². The first-order valence-corrected chi connectivity index (χ1v) is 14.1. The first-order valence-electron chi connectivity index (χ1n) is 14.1. The first kappa shape index (κ1) is 27.2. The molecule has 31 heavy (non-hydrogen) atoms. The highest BCUT2D eigenvalue weighted by atomic mass is 14.6. The second kappa shape index (κ2) is 9.70. The summed E-state index contributed by atoms with van der Waals surface area (Å²) in [7, 11) is 0. The van der Waals surface area contributed by atoms with Crippen molar-refractivity contribution in [3.05, 3.63) is 0 Å². The number of rotatable bonds is 12. The molecule has 2 aliphatic carbocycles. The SMILES string of the molecule is CCC(C)CCCC(C)C(C)(C)CC1(C)CC(C)C(C)C1(C)CCCC1(C)C(C)C1C. The van der Waals surface area contributed by atoms with E-state index in [0.717, 1.165) is 35.5 Å². The molecule has 0 heteroatoms. The molecular weight excluding hydrogens is 372 g/mol. The molecule has 0 amide bonds. The summed E-state index contributed by atoms with van der Waals surface area (Å²) in [6.45, 7) is 30.5. The van der Waals surface area contributed by atoms with Crippen LogP contribution < -0.4 is 0 Å². The van der Waals surface area contributed by atoms with E-state index in [0.29, 0.717) is 21.7 Å². The highest BCUT2D eigenvalue weighted by molar-refractivity contribution is 5.07. The number of hydrogen-bond acceptors (Lipinski definition) is 0. The maximum atomic E-state index is 2.69. The third-order valence-electron chi connectivity index (χ3n) is 12.4. The highest BCUT2D eigenvalue weighted by Gasteiger charge is 2.58. The standard InChI is InChI=1S/C31H60/c1-13-22(2)16-14-17-24(4)28(8,9)21-29(10)20-23(3)25(5)31(29,12)19-15-18-30(11)26(6)27(30)7/h22-27H,13-21H2,1-12H3. The van der Waals surface area contributed by atoms with Gasteiger partial charge in [-0.1, -0.05) is 115 Å². The molecule has 0 aromatic carbocycles. The minimum Gasteiger partial charge on any atom is -0.0651 e. The van der Waals surface area contributed by atoms with E-state index in [1.807, 2.05) is 0 Å². The average molecular weight is 433 g/mol. The summed E-state index contributed by atoms with van der Waals surface area (Å²) in [6, 6.07) is 0. The van der Waals surface area contributed by atoms with Crippen LogP contribution in [0.15, 0.2) is 0 Å². The van der Waals surface area contributed by atoms with E-state index in [1.165, 1.54) is 57.8 Å². The Kier molecular flexibility index (Phi) is 8.53. The van der Waals surface area contributed by atoms with Gasteiger partial charge in [-0.2, -0.15) is 0 Å². The van der Waals surface area contributed by atoms with E-state index in [9.17, 15) is 0 Å². The fraction of sp³-hybridized carbons (Fsp3) is 1.00. The predicted molar refractivity (Wildman–Crippen MR) is 140 cm³/mol. The van der Waals surface area contributed by atoms with Crippen LogP contribution >= 0.6 is 0 Å². The van der Waals surface area contributed by atoms with Gasteiger partial charge < -0.3 is 0 Å². The van der Waals surface area contributed by atoms with Crippen LogP contribution in [0, 0.1) is 57.2 Å². The summed E-state index contributed by atoms with van der Waals surface area (Å²) >= 11 is 0. The molecule has 184 valence electrons. The van der Waals surface area contributed by atoms with Gasteiger partial charge in [-0.05, 0) is 82.9 Å². The van der Waals surface area contributed by atoms with Gasteiger partial charge in [-0.15, -0.1) is 0 Å². The van der Waals surface area contributed by atoms with Crippen molar-refractivity contribution < 1.29 is 0 Å². The molecule has 0 aromatic heterocycles. The molecule has 0 aliphatic heterocycles. The van der Waals surface area contributed by atoms with Gasteiger partial charge in [-0.25, -0.2) is 0 Å². The molecule has 2 rings (SSSR count). The molecule has 2 saturated carbocycles.